The van der Waals surface area contributed by atoms with Gasteiger partial charge >= 0.3 is 0 Å². The van der Waals surface area contributed by atoms with E-state index in [2.05, 4.69) is 32.0 Å². The maximum absolute atomic E-state index is 11.2. The lowest BCUT2D eigenvalue weighted by Crippen LogP contribution is -2.34. The topological polar surface area (TPSA) is 29.5 Å². The maximum atomic E-state index is 11.2. The Bertz CT molecular complexity index is 425. The minimum atomic E-state index is 0.212. The maximum Gasteiger partial charge on any atom is 0.210 e. The smallest absolute Gasteiger partial charge is 0.210 e. The van der Waals surface area contributed by atoms with Gasteiger partial charge < -0.3 is 9.64 Å². The van der Waals surface area contributed by atoms with Gasteiger partial charge in [-0.25, -0.2) is 0 Å². The number of amides is 1. The van der Waals surface area contributed by atoms with Gasteiger partial charge in [0.1, 0.15) is 0 Å². The van der Waals surface area contributed by atoms with Crippen molar-refractivity contribution in [2.45, 2.75) is 45.8 Å². The van der Waals surface area contributed by atoms with Crippen LogP contribution in [-0.2, 0) is 16.1 Å². The van der Waals surface area contributed by atoms with Crippen LogP contribution in [-0.4, -0.2) is 30.6 Å². The van der Waals surface area contributed by atoms with Crippen molar-refractivity contribution in [2.75, 3.05) is 13.2 Å². The van der Waals surface area contributed by atoms with Gasteiger partial charge in [-0.2, -0.15) is 0 Å². The highest BCUT2D eigenvalue weighted by Crippen LogP contribution is 2.16. The van der Waals surface area contributed by atoms with E-state index in [1.807, 2.05) is 4.90 Å². The van der Waals surface area contributed by atoms with Crippen LogP contribution in [0.5, 0.6) is 0 Å². The molecule has 1 heterocycles. The summed E-state index contributed by atoms with van der Waals surface area (Å²) in [4.78, 5) is 13.1. The van der Waals surface area contributed by atoms with Gasteiger partial charge in [-0.15, -0.1) is 0 Å². The first kappa shape index (κ1) is 14.1. The molecule has 0 radical (unpaired) electrons. The molecule has 3 heteroatoms. The van der Waals surface area contributed by atoms with Gasteiger partial charge in [0, 0.05) is 19.7 Å². The van der Waals surface area contributed by atoms with Crippen LogP contribution in [0, 0.1) is 13.8 Å². The van der Waals surface area contributed by atoms with Gasteiger partial charge in [-0.3, -0.25) is 4.79 Å². The lowest BCUT2D eigenvalue weighted by atomic mass is 10.0. The molecule has 1 aromatic carbocycles. The number of hydrogen-bond acceptors (Lipinski definition) is 2. The van der Waals surface area contributed by atoms with E-state index in [0.29, 0.717) is 13.1 Å². The third-order valence-corrected chi connectivity index (χ3v) is 3.74. The molecule has 0 saturated carbocycles. The predicted octanol–water partition coefficient (Wildman–Crippen LogP) is 2.83. The van der Waals surface area contributed by atoms with Crippen molar-refractivity contribution in [1.29, 1.82) is 0 Å². The summed E-state index contributed by atoms with van der Waals surface area (Å²) in [6.45, 7) is 6.39. The molecule has 1 unspecified atom stereocenters. The first-order valence-electron chi connectivity index (χ1n) is 7.06. The second kappa shape index (κ2) is 6.71. The fraction of sp³-hybridized carbons (Fsp3) is 0.562. The quantitative estimate of drug-likeness (QED) is 0.763. The number of nitrogens with zero attached hydrogens (tertiary/aromatic N) is 1. The fourth-order valence-corrected chi connectivity index (χ4v) is 2.55. The van der Waals surface area contributed by atoms with E-state index in [9.17, 15) is 4.79 Å². The molecule has 19 heavy (non-hydrogen) atoms. The van der Waals surface area contributed by atoms with Crippen molar-refractivity contribution >= 4 is 6.41 Å². The molecule has 1 aromatic rings. The van der Waals surface area contributed by atoms with Crippen molar-refractivity contribution < 1.29 is 9.53 Å². The van der Waals surface area contributed by atoms with Gasteiger partial charge in [0.2, 0.25) is 6.41 Å². The average Bonchev–Trinajstić information content (AvgIpc) is 2.43. The number of carbonyl (C=O) groups is 1. The molecule has 0 aromatic heterocycles. The Morgan fingerprint density at radius 2 is 2.21 bits per heavy atom. The van der Waals surface area contributed by atoms with Gasteiger partial charge in [-0.1, -0.05) is 23.8 Å². The molecule has 1 aliphatic heterocycles. The second-order valence-corrected chi connectivity index (χ2v) is 5.45. The molecule has 1 amide bonds. The van der Waals surface area contributed by atoms with Gasteiger partial charge in [-0.05, 0) is 44.2 Å². The van der Waals surface area contributed by atoms with E-state index >= 15 is 0 Å². The number of rotatable bonds is 5. The summed E-state index contributed by atoms with van der Waals surface area (Å²) < 4.78 is 5.70. The minimum absolute atomic E-state index is 0.212. The SMILES string of the molecule is Cc1ccc(C)c(CN(C=O)CC2CCCCO2)c1. The van der Waals surface area contributed by atoms with E-state index in [1.165, 1.54) is 23.1 Å². The molecule has 1 saturated heterocycles. The first-order chi connectivity index (χ1) is 9.19. The summed E-state index contributed by atoms with van der Waals surface area (Å²) in [5.74, 6) is 0. The Morgan fingerprint density at radius 1 is 1.37 bits per heavy atom. The Morgan fingerprint density at radius 3 is 2.89 bits per heavy atom. The highest BCUT2D eigenvalue weighted by molar-refractivity contribution is 5.48. The van der Waals surface area contributed by atoms with Crippen LogP contribution in [0.15, 0.2) is 18.2 Å². The first-order valence-corrected chi connectivity index (χ1v) is 7.06. The van der Waals surface area contributed by atoms with Crippen molar-refractivity contribution in [3.63, 3.8) is 0 Å². The normalized spacial score (nSPS) is 19.2. The summed E-state index contributed by atoms with van der Waals surface area (Å²) in [6, 6.07) is 6.38. The summed E-state index contributed by atoms with van der Waals surface area (Å²) in [5, 5.41) is 0. The Balaban J connectivity index is 1.97. The third kappa shape index (κ3) is 4.06. The number of aryl methyl sites for hydroxylation is 2. The van der Waals surface area contributed by atoms with Crippen LogP contribution in [0.25, 0.3) is 0 Å². The van der Waals surface area contributed by atoms with Crippen LogP contribution in [0.1, 0.15) is 36.0 Å². The zero-order valence-corrected chi connectivity index (χ0v) is 11.9. The Kier molecular flexibility index (Phi) is 4.97. The van der Waals surface area contributed by atoms with Crippen molar-refractivity contribution in [3.05, 3.63) is 34.9 Å². The van der Waals surface area contributed by atoms with Crippen LogP contribution in [0.3, 0.4) is 0 Å². The predicted molar refractivity (Wildman–Crippen MR) is 76.0 cm³/mol. The van der Waals surface area contributed by atoms with Crippen LogP contribution in [0.2, 0.25) is 0 Å². The summed E-state index contributed by atoms with van der Waals surface area (Å²) in [7, 11) is 0. The molecule has 0 bridgehead atoms. The fourth-order valence-electron chi connectivity index (χ4n) is 2.55. The molecule has 1 fully saturated rings. The zero-order chi connectivity index (χ0) is 13.7. The monoisotopic (exact) mass is 261 g/mol. The molecule has 0 aliphatic carbocycles. The third-order valence-electron chi connectivity index (χ3n) is 3.74. The molecule has 104 valence electrons. The molecule has 0 N–H and O–H groups in total. The molecular weight excluding hydrogens is 238 g/mol. The van der Waals surface area contributed by atoms with E-state index in [-0.39, 0.29) is 6.10 Å². The Labute approximate surface area is 115 Å². The van der Waals surface area contributed by atoms with Crippen LogP contribution >= 0.6 is 0 Å². The van der Waals surface area contributed by atoms with Crippen molar-refractivity contribution in [1.82, 2.24) is 4.90 Å². The number of ether oxygens (including phenoxy) is 1. The lowest BCUT2D eigenvalue weighted by Gasteiger charge is -2.28. The lowest BCUT2D eigenvalue weighted by molar-refractivity contribution is -0.121. The van der Waals surface area contributed by atoms with Crippen molar-refractivity contribution in [2.24, 2.45) is 0 Å². The second-order valence-electron chi connectivity index (χ2n) is 5.45. The molecule has 2 rings (SSSR count). The molecule has 1 aliphatic rings. The average molecular weight is 261 g/mol. The van der Waals surface area contributed by atoms with Gasteiger partial charge in [0.15, 0.2) is 0 Å². The van der Waals surface area contributed by atoms with E-state index in [0.717, 1.165) is 25.9 Å². The Hall–Kier alpha value is -1.35. The van der Waals surface area contributed by atoms with Gasteiger partial charge in [0.05, 0.1) is 6.10 Å². The van der Waals surface area contributed by atoms with Gasteiger partial charge in [0.25, 0.3) is 0 Å². The summed E-state index contributed by atoms with van der Waals surface area (Å²) >= 11 is 0. The van der Waals surface area contributed by atoms with E-state index in [1.54, 1.807) is 0 Å². The van der Waals surface area contributed by atoms with E-state index in [4.69, 9.17) is 4.74 Å². The number of hydrogen-bond donors (Lipinski definition) is 0. The molecule has 1 atom stereocenters. The highest BCUT2D eigenvalue weighted by Gasteiger charge is 2.17. The molecule has 0 spiro atoms. The minimum Gasteiger partial charge on any atom is -0.376 e. The van der Waals surface area contributed by atoms with Crippen LogP contribution < -0.4 is 0 Å². The van der Waals surface area contributed by atoms with Crippen LogP contribution in [0.4, 0.5) is 0 Å². The summed E-state index contributed by atoms with van der Waals surface area (Å²) in [6.07, 6.45) is 4.58. The number of carbonyl (C=O) groups excluding carboxylic acids is 1. The summed E-state index contributed by atoms with van der Waals surface area (Å²) in [5.41, 5.74) is 3.70. The highest BCUT2D eigenvalue weighted by atomic mass is 16.5. The number of benzene rings is 1. The zero-order valence-electron chi connectivity index (χ0n) is 11.9. The molecule has 3 nitrogen and oxygen atoms in total. The molecular formula is C16H23NO2. The largest absolute Gasteiger partial charge is 0.376 e. The van der Waals surface area contributed by atoms with Crippen molar-refractivity contribution in [3.8, 4) is 0 Å². The standard InChI is InChI=1S/C16H23NO2/c1-13-6-7-14(2)15(9-13)10-17(12-18)11-16-5-3-4-8-19-16/h6-7,9,12,16H,3-5,8,10-11H2,1-2H3. The van der Waals surface area contributed by atoms with E-state index < -0.39 is 0 Å².